The third-order valence-corrected chi connectivity index (χ3v) is 3.52. The van der Waals surface area contributed by atoms with Crippen LogP contribution in [0.4, 0.5) is 0 Å². The molecule has 3 N–H and O–H groups in total. The molecule has 1 heterocycles. The molecule has 1 aromatic rings. The van der Waals surface area contributed by atoms with Crippen molar-refractivity contribution in [3.63, 3.8) is 0 Å². The molecule has 1 unspecified atom stereocenters. The van der Waals surface area contributed by atoms with E-state index in [0.717, 1.165) is 0 Å². The molecule has 19 heavy (non-hydrogen) atoms. The van der Waals surface area contributed by atoms with Crippen molar-refractivity contribution >= 4 is 5.97 Å². The molecule has 0 aromatic heterocycles. The van der Waals surface area contributed by atoms with Crippen LogP contribution < -0.4 is 15.2 Å². The molecule has 0 amide bonds. The normalized spacial score (nSPS) is 18.3. The van der Waals surface area contributed by atoms with E-state index in [1.54, 1.807) is 25.3 Å². The van der Waals surface area contributed by atoms with Crippen molar-refractivity contribution in [2.24, 2.45) is 5.73 Å². The highest BCUT2D eigenvalue weighted by Gasteiger charge is 2.50. The van der Waals surface area contributed by atoms with Crippen LogP contribution >= 0.6 is 0 Å². The number of carbonyl (C=O) groups is 1. The van der Waals surface area contributed by atoms with E-state index >= 15 is 0 Å². The first kappa shape index (κ1) is 13.6. The molecule has 1 aliphatic rings. The number of carboxylic acid groups (broad SMARTS) is 1. The average molecular weight is 267 g/mol. The first-order valence-electron chi connectivity index (χ1n) is 5.84. The molecule has 1 aromatic carbocycles. The lowest BCUT2D eigenvalue weighted by Crippen LogP contribution is -2.61. The van der Waals surface area contributed by atoms with Crippen LogP contribution in [0.15, 0.2) is 18.2 Å². The molecule has 104 valence electrons. The minimum absolute atomic E-state index is 0.254. The van der Waals surface area contributed by atoms with Gasteiger partial charge in [0.2, 0.25) is 0 Å². The summed E-state index contributed by atoms with van der Waals surface area (Å²) in [7, 11) is 3.08. The molecule has 1 saturated heterocycles. The Labute approximate surface area is 111 Å². The highest BCUT2D eigenvalue weighted by Crippen LogP contribution is 2.41. The van der Waals surface area contributed by atoms with Gasteiger partial charge in [-0.25, -0.2) is 0 Å². The SMILES string of the molecule is COc1ccc(OC)c(C2(C(N)C(=O)O)COC2)c1. The van der Waals surface area contributed by atoms with Gasteiger partial charge in [0.25, 0.3) is 0 Å². The molecule has 0 saturated carbocycles. The van der Waals surface area contributed by atoms with Gasteiger partial charge in [0, 0.05) is 5.56 Å². The predicted octanol–water partition coefficient (Wildman–Crippen LogP) is 0.384. The average Bonchev–Trinajstić information content (AvgIpc) is 2.37. The maximum atomic E-state index is 11.2. The Hall–Kier alpha value is -1.79. The second kappa shape index (κ2) is 5.07. The molecule has 1 fully saturated rings. The van der Waals surface area contributed by atoms with Crippen LogP contribution in [0.1, 0.15) is 5.56 Å². The summed E-state index contributed by atoms with van der Waals surface area (Å²) in [6, 6.07) is 4.19. The fourth-order valence-corrected chi connectivity index (χ4v) is 2.26. The van der Waals surface area contributed by atoms with Gasteiger partial charge in [-0.2, -0.15) is 0 Å². The molecular formula is C13H17NO5. The van der Waals surface area contributed by atoms with Crippen molar-refractivity contribution in [1.29, 1.82) is 0 Å². The smallest absolute Gasteiger partial charge is 0.321 e. The monoisotopic (exact) mass is 267 g/mol. The summed E-state index contributed by atoms with van der Waals surface area (Å²) in [4.78, 5) is 11.2. The van der Waals surface area contributed by atoms with Crippen LogP contribution in [-0.4, -0.2) is 44.6 Å². The quantitative estimate of drug-likeness (QED) is 0.801. The van der Waals surface area contributed by atoms with Crippen LogP contribution in [-0.2, 0) is 14.9 Å². The Morgan fingerprint density at radius 3 is 2.53 bits per heavy atom. The minimum Gasteiger partial charge on any atom is -0.497 e. The van der Waals surface area contributed by atoms with Crippen molar-refractivity contribution in [3.8, 4) is 11.5 Å². The van der Waals surface area contributed by atoms with Gasteiger partial charge < -0.3 is 25.1 Å². The van der Waals surface area contributed by atoms with Crippen LogP contribution in [0.3, 0.4) is 0 Å². The van der Waals surface area contributed by atoms with Gasteiger partial charge in [0.05, 0.1) is 32.8 Å². The summed E-state index contributed by atoms with van der Waals surface area (Å²) >= 11 is 0. The van der Waals surface area contributed by atoms with Crippen molar-refractivity contribution in [2.45, 2.75) is 11.5 Å². The van der Waals surface area contributed by atoms with Crippen LogP contribution in [0.5, 0.6) is 11.5 Å². The van der Waals surface area contributed by atoms with Gasteiger partial charge in [-0.1, -0.05) is 0 Å². The van der Waals surface area contributed by atoms with Gasteiger partial charge in [-0.3, -0.25) is 4.79 Å². The Morgan fingerprint density at radius 1 is 1.42 bits per heavy atom. The van der Waals surface area contributed by atoms with Gasteiger partial charge in [-0.05, 0) is 18.2 Å². The van der Waals surface area contributed by atoms with E-state index in [1.165, 1.54) is 7.11 Å². The molecule has 6 nitrogen and oxygen atoms in total. The summed E-state index contributed by atoms with van der Waals surface area (Å²) in [6.45, 7) is 0.508. The fourth-order valence-electron chi connectivity index (χ4n) is 2.26. The number of hydrogen-bond donors (Lipinski definition) is 2. The number of benzene rings is 1. The maximum Gasteiger partial charge on any atom is 0.321 e. The lowest BCUT2D eigenvalue weighted by atomic mass is 9.72. The first-order valence-corrected chi connectivity index (χ1v) is 5.84. The highest BCUT2D eigenvalue weighted by molar-refractivity contribution is 5.77. The van der Waals surface area contributed by atoms with Gasteiger partial charge in [0.15, 0.2) is 0 Å². The first-order chi connectivity index (χ1) is 9.05. The van der Waals surface area contributed by atoms with E-state index in [4.69, 9.17) is 19.9 Å². The van der Waals surface area contributed by atoms with E-state index in [0.29, 0.717) is 17.1 Å². The van der Waals surface area contributed by atoms with E-state index in [-0.39, 0.29) is 13.2 Å². The molecule has 6 heteroatoms. The Balaban J connectivity index is 2.50. The Morgan fingerprint density at radius 2 is 2.11 bits per heavy atom. The predicted molar refractivity (Wildman–Crippen MR) is 67.7 cm³/mol. The molecule has 0 bridgehead atoms. The Kier molecular flexibility index (Phi) is 3.64. The van der Waals surface area contributed by atoms with E-state index in [1.807, 2.05) is 0 Å². The molecule has 1 aliphatic heterocycles. The zero-order valence-corrected chi connectivity index (χ0v) is 10.9. The molecule has 0 aliphatic carbocycles. The molecule has 0 spiro atoms. The zero-order chi connectivity index (χ0) is 14.0. The maximum absolute atomic E-state index is 11.2. The second-order valence-corrected chi connectivity index (χ2v) is 4.53. The standard InChI is InChI=1S/C13H17NO5/c1-17-8-3-4-10(18-2)9(5-8)13(6-19-7-13)11(14)12(15)16/h3-5,11H,6-7,14H2,1-2H3,(H,15,16). The van der Waals surface area contributed by atoms with Gasteiger partial charge in [-0.15, -0.1) is 0 Å². The molecule has 2 rings (SSSR count). The van der Waals surface area contributed by atoms with Crippen molar-refractivity contribution < 1.29 is 24.1 Å². The lowest BCUT2D eigenvalue weighted by Gasteiger charge is -2.44. The molecule has 1 atom stereocenters. The molecule has 0 radical (unpaired) electrons. The number of hydrogen-bond acceptors (Lipinski definition) is 5. The summed E-state index contributed by atoms with van der Waals surface area (Å²) in [5.74, 6) is 0.147. The van der Waals surface area contributed by atoms with E-state index in [9.17, 15) is 9.90 Å². The van der Waals surface area contributed by atoms with E-state index < -0.39 is 17.4 Å². The summed E-state index contributed by atoms with van der Waals surface area (Å²) in [5, 5.41) is 9.18. The van der Waals surface area contributed by atoms with Crippen LogP contribution in [0, 0.1) is 0 Å². The van der Waals surface area contributed by atoms with Gasteiger partial charge >= 0.3 is 5.97 Å². The number of ether oxygens (including phenoxy) is 3. The zero-order valence-electron chi connectivity index (χ0n) is 10.9. The lowest BCUT2D eigenvalue weighted by molar-refractivity contribution is -0.148. The Bertz CT molecular complexity index is 484. The van der Waals surface area contributed by atoms with Crippen LogP contribution in [0.2, 0.25) is 0 Å². The summed E-state index contributed by atoms with van der Waals surface area (Å²) in [5.41, 5.74) is 5.76. The number of aliphatic carboxylic acids is 1. The minimum atomic E-state index is -1.06. The van der Waals surface area contributed by atoms with Gasteiger partial charge in [0.1, 0.15) is 17.5 Å². The largest absolute Gasteiger partial charge is 0.497 e. The number of carboxylic acids is 1. The van der Waals surface area contributed by atoms with Crippen molar-refractivity contribution in [2.75, 3.05) is 27.4 Å². The summed E-state index contributed by atoms with van der Waals surface area (Å²) < 4.78 is 15.7. The summed E-state index contributed by atoms with van der Waals surface area (Å²) in [6.07, 6.45) is 0. The van der Waals surface area contributed by atoms with E-state index in [2.05, 4.69) is 0 Å². The molecular weight excluding hydrogens is 250 g/mol. The highest BCUT2D eigenvalue weighted by atomic mass is 16.5. The third-order valence-electron chi connectivity index (χ3n) is 3.52. The third kappa shape index (κ3) is 2.13. The van der Waals surface area contributed by atoms with Crippen molar-refractivity contribution in [3.05, 3.63) is 23.8 Å². The topological polar surface area (TPSA) is 91.0 Å². The fraction of sp³-hybridized carbons (Fsp3) is 0.462. The number of rotatable bonds is 5. The van der Waals surface area contributed by atoms with Crippen molar-refractivity contribution in [1.82, 2.24) is 0 Å². The second-order valence-electron chi connectivity index (χ2n) is 4.53. The number of nitrogens with two attached hydrogens (primary N) is 1. The van der Waals surface area contributed by atoms with Crippen LogP contribution in [0.25, 0.3) is 0 Å². The number of methoxy groups -OCH3 is 2.